The van der Waals surface area contributed by atoms with Gasteiger partial charge in [0, 0.05) is 13.5 Å². The van der Waals surface area contributed by atoms with Crippen LogP contribution in [0.4, 0.5) is 4.39 Å². The predicted octanol–water partition coefficient (Wildman–Crippen LogP) is 2.02. The summed E-state index contributed by atoms with van der Waals surface area (Å²) in [5, 5.41) is 9.84. The first-order valence-corrected chi connectivity index (χ1v) is 6.40. The van der Waals surface area contributed by atoms with Gasteiger partial charge in [-0.25, -0.2) is 4.39 Å². The van der Waals surface area contributed by atoms with Crippen molar-refractivity contribution in [3.05, 3.63) is 29.0 Å². The van der Waals surface area contributed by atoms with E-state index in [9.17, 15) is 9.50 Å². The van der Waals surface area contributed by atoms with Crippen molar-refractivity contribution in [2.24, 2.45) is 0 Å². The normalized spacial score (nSPS) is 26.0. The van der Waals surface area contributed by atoms with Crippen LogP contribution in [-0.4, -0.2) is 43.7 Å². The van der Waals surface area contributed by atoms with Crippen molar-refractivity contribution < 1.29 is 23.7 Å². The van der Waals surface area contributed by atoms with E-state index in [2.05, 4.69) is 0 Å². The summed E-state index contributed by atoms with van der Waals surface area (Å²) < 4.78 is 28.9. The molecule has 0 aromatic heterocycles. The van der Waals surface area contributed by atoms with E-state index in [0.29, 0.717) is 25.4 Å². The molecule has 0 heterocycles. The minimum absolute atomic E-state index is 0.206. The van der Waals surface area contributed by atoms with Crippen LogP contribution in [0.25, 0.3) is 0 Å². The predicted molar refractivity (Wildman–Crippen MR) is 68.1 cm³/mol. The Morgan fingerprint density at radius 1 is 1.42 bits per heavy atom. The zero-order valence-electron chi connectivity index (χ0n) is 10.5. The highest BCUT2D eigenvalue weighted by Gasteiger charge is 2.43. The van der Waals surface area contributed by atoms with Crippen molar-refractivity contribution in [3.8, 4) is 5.75 Å². The van der Waals surface area contributed by atoms with Gasteiger partial charge in [-0.05, 0) is 18.2 Å². The quantitative estimate of drug-likeness (QED) is 0.815. The third kappa shape index (κ3) is 3.57. The Hall–Kier alpha value is -0.880. The fourth-order valence-corrected chi connectivity index (χ4v) is 2.10. The summed E-state index contributed by atoms with van der Waals surface area (Å²) >= 11 is 5.88. The summed E-state index contributed by atoms with van der Waals surface area (Å²) in [5.74, 6) is -0.0285. The van der Waals surface area contributed by atoms with Gasteiger partial charge in [0.15, 0.2) is 0 Å². The van der Waals surface area contributed by atoms with E-state index in [1.165, 1.54) is 18.2 Å². The van der Waals surface area contributed by atoms with Crippen molar-refractivity contribution in [1.29, 1.82) is 0 Å². The monoisotopic (exact) mass is 290 g/mol. The van der Waals surface area contributed by atoms with Crippen LogP contribution in [0.2, 0.25) is 5.02 Å². The third-order valence-corrected chi connectivity index (χ3v) is 3.28. The molecule has 0 bridgehead atoms. The lowest BCUT2D eigenvalue weighted by Gasteiger charge is -2.40. The molecule has 0 saturated heterocycles. The molecule has 0 spiro atoms. The van der Waals surface area contributed by atoms with E-state index in [0.717, 1.165) is 0 Å². The average molecular weight is 291 g/mol. The minimum Gasteiger partial charge on any atom is -0.486 e. The third-order valence-electron chi connectivity index (χ3n) is 2.99. The maximum Gasteiger partial charge on any atom is 0.138 e. The lowest BCUT2D eigenvalue weighted by molar-refractivity contribution is -0.167. The van der Waals surface area contributed by atoms with Gasteiger partial charge >= 0.3 is 0 Å². The topological polar surface area (TPSA) is 47.9 Å². The van der Waals surface area contributed by atoms with Gasteiger partial charge in [-0.15, -0.1) is 0 Å². The van der Waals surface area contributed by atoms with Gasteiger partial charge in [0.05, 0.1) is 24.3 Å². The molecule has 0 radical (unpaired) electrons. The van der Waals surface area contributed by atoms with Crippen molar-refractivity contribution in [2.75, 3.05) is 20.3 Å². The van der Waals surface area contributed by atoms with Crippen molar-refractivity contribution in [3.63, 3.8) is 0 Å². The van der Waals surface area contributed by atoms with Crippen LogP contribution >= 0.6 is 11.6 Å². The second kappa shape index (κ2) is 6.52. The Morgan fingerprint density at radius 3 is 2.84 bits per heavy atom. The Morgan fingerprint density at radius 2 is 2.21 bits per heavy atom. The smallest absolute Gasteiger partial charge is 0.138 e. The molecule has 1 aliphatic carbocycles. The molecular weight excluding hydrogens is 275 g/mol. The van der Waals surface area contributed by atoms with Gasteiger partial charge in [0.1, 0.15) is 23.8 Å². The van der Waals surface area contributed by atoms with Gasteiger partial charge < -0.3 is 19.3 Å². The molecule has 1 N–H and O–H groups in total. The summed E-state index contributed by atoms with van der Waals surface area (Å²) in [6.07, 6.45) is -0.780. The largest absolute Gasteiger partial charge is 0.486 e. The van der Waals surface area contributed by atoms with Gasteiger partial charge in [0.2, 0.25) is 0 Å². The first kappa shape index (κ1) is 14.5. The van der Waals surface area contributed by atoms with Gasteiger partial charge in [-0.2, -0.15) is 0 Å². The van der Waals surface area contributed by atoms with E-state index >= 15 is 0 Å². The Kier molecular flexibility index (Phi) is 4.99. The number of aliphatic hydroxyl groups excluding tert-OH is 1. The molecular formula is C13H16ClFO4. The molecule has 1 aromatic rings. The van der Waals surface area contributed by atoms with Crippen molar-refractivity contribution >= 4 is 11.6 Å². The maximum absolute atomic E-state index is 12.9. The van der Waals surface area contributed by atoms with Crippen LogP contribution in [0.15, 0.2) is 18.2 Å². The van der Waals surface area contributed by atoms with Crippen molar-refractivity contribution in [2.45, 2.75) is 24.7 Å². The average Bonchev–Trinajstić information content (AvgIpc) is 2.37. The molecule has 0 amide bonds. The van der Waals surface area contributed by atoms with E-state index in [-0.39, 0.29) is 11.1 Å². The first-order chi connectivity index (χ1) is 9.11. The fourth-order valence-electron chi connectivity index (χ4n) is 1.89. The summed E-state index contributed by atoms with van der Waals surface area (Å²) in [7, 11) is 1.58. The molecule has 1 fully saturated rings. The number of hydrogen-bond donors (Lipinski definition) is 1. The number of methoxy groups -OCH3 is 1. The molecule has 1 aromatic carbocycles. The summed E-state index contributed by atoms with van der Waals surface area (Å²) in [5.41, 5.74) is 0. The van der Waals surface area contributed by atoms with Crippen LogP contribution in [-0.2, 0) is 9.47 Å². The highest BCUT2D eigenvalue weighted by molar-refractivity contribution is 6.32. The van der Waals surface area contributed by atoms with Crippen molar-refractivity contribution in [1.82, 2.24) is 0 Å². The van der Waals surface area contributed by atoms with E-state index in [1.54, 1.807) is 7.11 Å². The highest BCUT2D eigenvalue weighted by atomic mass is 35.5. The van der Waals surface area contributed by atoms with Crippen LogP contribution in [0.3, 0.4) is 0 Å². The lowest BCUT2D eigenvalue weighted by atomic mass is 9.88. The number of benzene rings is 1. The number of rotatable bonds is 6. The van der Waals surface area contributed by atoms with Crippen LogP contribution in [0.1, 0.15) is 6.42 Å². The zero-order chi connectivity index (χ0) is 13.8. The summed E-state index contributed by atoms with van der Waals surface area (Å²) in [6.45, 7) is 0.836. The van der Waals surface area contributed by atoms with E-state index in [4.69, 9.17) is 25.8 Å². The molecule has 3 atom stereocenters. The molecule has 1 aliphatic rings. The van der Waals surface area contributed by atoms with Gasteiger partial charge in [0.25, 0.3) is 0 Å². The molecule has 4 nitrogen and oxygen atoms in total. The fraction of sp³-hybridized carbons (Fsp3) is 0.538. The molecule has 3 unspecified atom stereocenters. The number of halogens is 2. The molecule has 106 valence electrons. The Labute approximate surface area is 116 Å². The number of hydrogen-bond acceptors (Lipinski definition) is 4. The summed E-state index contributed by atoms with van der Waals surface area (Å²) in [6, 6.07) is 3.93. The Balaban J connectivity index is 1.91. The zero-order valence-corrected chi connectivity index (χ0v) is 11.3. The molecule has 2 rings (SSSR count). The number of aliphatic hydroxyl groups is 1. The second-order valence-corrected chi connectivity index (χ2v) is 4.77. The van der Waals surface area contributed by atoms with Crippen LogP contribution in [0, 0.1) is 5.82 Å². The van der Waals surface area contributed by atoms with Gasteiger partial charge in [-0.3, -0.25) is 0 Å². The van der Waals surface area contributed by atoms with E-state index < -0.39 is 18.0 Å². The van der Waals surface area contributed by atoms with Crippen LogP contribution in [0.5, 0.6) is 5.75 Å². The van der Waals surface area contributed by atoms with Crippen LogP contribution < -0.4 is 4.74 Å². The molecule has 1 saturated carbocycles. The maximum atomic E-state index is 12.9. The SMILES string of the molecule is COCCOC1C(O)CC1Oc1ccc(F)cc1Cl. The standard InChI is InChI=1S/C13H16ClFO4/c1-17-4-5-18-13-10(16)7-12(13)19-11-3-2-8(15)6-9(11)14/h2-3,6,10,12-13,16H,4-5,7H2,1H3. The Bertz CT molecular complexity index is 429. The van der Waals surface area contributed by atoms with Gasteiger partial charge in [-0.1, -0.05) is 11.6 Å². The summed E-state index contributed by atoms with van der Waals surface area (Å²) in [4.78, 5) is 0. The minimum atomic E-state index is -0.555. The molecule has 19 heavy (non-hydrogen) atoms. The highest BCUT2D eigenvalue weighted by Crippen LogP contribution is 2.32. The number of ether oxygens (including phenoxy) is 3. The molecule has 0 aliphatic heterocycles. The first-order valence-electron chi connectivity index (χ1n) is 6.02. The molecule has 6 heteroatoms. The van der Waals surface area contributed by atoms with E-state index in [1.807, 2.05) is 0 Å². The lowest BCUT2D eigenvalue weighted by Crippen LogP contribution is -2.55. The second-order valence-electron chi connectivity index (χ2n) is 4.36.